The van der Waals surface area contributed by atoms with Crippen LogP contribution < -0.4 is 5.43 Å². The van der Waals surface area contributed by atoms with Crippen LogP contribution in [0.15, 0.2) is 45.9 Å². The number of carbonyl (C=O) groups excluding carboxylic acids is 1. The highest BCUT2D eigenvalue weighted by Gasteiger charge is 2.11. The average Bonchev–Trinajstić information content (AvgIpc) is 2.96. The highest BCUT2D eigenvalue weighted by atomic mass is 16.6. The van der Waals surface area contributed by atoms with Gasteiger partial charge >= 0.3 is 5.88 Å². The van der Waals surface area contributed by atoms with Gasteiger partial charge in [-0.05, 0) is 18.2 Å². The molecule has 0 aliphatic heterocycles. The van der Waals surface area contributed by atoms with Crippen LogP contribution in [-0.4, -0.2) is 22.0 Å². The molecular formula is C12H8N4O6. The number of nitrogens with one attached hydrogen (secondary N) is 1. The van der Waals surface area contributed by atoms with E-state index < -0.39 is 21.6 Å². The second-order valence-corrected chi connectivity index (χ2v) is 3.94. The topological polar surface area (TPSA) is 141 Å². The first-order chi connectivity index (χ1) is 10.5. The third kappa shape index (κ3) is 3.50. The number of nitro benzene ring substituents is 1. The summed E-state index contributed by atoms with van der Waals surface area (Å²) in [5.74, 6) is -0.939. The van der Waals surface area contributed by atoms with Gasteiger partial charge in [0, 0.05) is 17.7 Å². The molecule has 0 radical (unpaired) electrons. The minimum absolute atomic E-state index is 0.0932. The first-order valence-electron chi connectivity index (χ1n) is 5.79. The summed E-state index contributed by atoms with van der Waals surface area (Å²) >= 11 is 0. The van der Waals surface area contributed by atoms with E-state index in [1.165, 1.54) is 30.3 Å². The van der Waals surface area contributed by atoms with Crippen LogP contribution in [-0.2, 0) is 0 Å². The van der Waals surface area contributed by atoms with Crippen LogP contribution in [0.3, 0.4) is 0 Å². The molecule has 0 fully saturated rings. The van der Waals surface area contributed by atoms with Gasteiger partial charge in [0.15, 0.2) is 5.76 Å². The molecule has 0 saturated heterocycles. The maximum Gasteiger partial charge on any atom is 0.433 e. The van der Waals surface area contributed by atoms with E-state index in [9.17, 15) is 25.0 Å². The summed E-state index contributed by atoms with van der Waals surface area (Å²) in [5.41, 5.74) is 2.20. The molecule has 0 saturated carbocycles. The quantitative estimate of drug-likeness (QED) is 0.507. The Labute approximate surface area is 122 Å². The molecule has 22 heavy (non-hydrogen) atoms. The van der Waals surface area contributed by atoms with E-state index in [0.29, 0.717) is 0 Å². The molecule has 0 aliphatic rings. The summed E-state index contributed by atoms with van der Waals surface area (Å²) in [4.78, 5) is 31.3. The van der Waals surface area contributed by atoms with Crippen molar-refractivity contribution in [3.05, 3.63) is 68.0 Å². The van der Waals surface area contributed by atoms with Crippen molar-refractivity contribution in [2.75, 3.05) is 0 Å². The van der Waals surface area contributed by atoms with Crippen molar-refractivity contribution < 1.29 is 19.1 Å². The van der Waals surface area contributed by atoms with E-state index >= 15 is 0 Å². The van der Waals surface area contributed by atoms with Gasteiger partial charge in [-0.3, -0.25) is 25.0 Å². The fourth-order valence-electron chi connectivity index (χ4n) is 1.46. The molecule has 112 valence electrons. The maximum absolute atomic E-state index is 11.7. The zero-order valence-electron chi connectivity index (χ0n) is 10.8. The molecule has 1 amide bonds. The van der Waals surface area contributed by atoms with Crippen molar-refractivity contribution in [3.8, 4) is 0 Å². The predicted octanol–water partition coefficient (Wildman–Crippen LogP) is 1.86. The van der Waals surface area contributed by atoms with E-state index in [0.717, 1.165) is 12.3 Å². The lowest BCUT2D eigenvalue weighted by Crippen LogP contribution is -2.17. The summed E-state index contributed by atoms with van der Waals surface area (Å²) in [7, 11) is 0. The summed E-state index contributed by atoms with van der Waals surface area (Å²) in [5, 5.41) is 24.5. The smallest absolute Gasteiger partial charge is 0.400 e. The number of non-ortho nitro benzene ring substituents is 1. The third-order valence-corrected chi connectivity index (χ3v) is 2.49. The Hall–Kier alpha value is -3.56. The Morgan fingerprint density at radius 1 is 1.09 bits per heavy atom. The molecule has 10 heteroatoms. The second-order valence-electron chi connectivity index (χ2n) is 3.94. The lowest BCUT2D eigenvalue weighted by Gasteiger charge is -1.98. The molecule has 0 atom stereocenters. The maximum atomic E-state index is 11.7. The molecule has 2 aromatic rings. The molecule has 1 N–H and O–H groups in total. The first kappa shape index (κ1) is 14.8. The second kappa shape index (κ2) is 6.26. The van der Waals surface area contributed by atoms with Gasteiger partial charge in [0.25, 0.3) is 11.6 Å². The first-order valence-corrected chi connectivity index (χ1v) is 5.79. The van der Waals surface area contributed by atoms with Gasteiger partial charge in [0.2, 0.25) is 0 Å². The Morgan fingerprint density at radius 3 is 2.32 bits per heavy atom. The van der Waals surface area contributed by atoms with Crippen LogP contribution in [0.1, 0.15) is 16.1 Å². The van der Waals surface area contributed by atoms with Gasteiger partial charge in [0.05, 0.1) is 17.2 Å². The number of nitrogens with zero attached hydrogens (tertiary/aromatic N) is 3. The van der Waals surface area contributed by atoms with Crippen molar-refractivity contribution in [3.63, 3.8) is 0 Å². The number of rotatable bonds is 5. The molecule has 0 bridgehead atoms. The Kier molecular flexibility index (Phi) is 4.22. The Balaban J connectivity index is 1.98. The molecular weight excluding hydrogens is 296 g/mol. The summed E-state index contributed by atoms with van der Waals surface area (Å²) in [6.07, 6.45) is 1.09. The van der Waals surface area contributed by atoms with E-state index in [4.69, 9.17) is 4.42 Å². The third-order valence-electron chi connectivity index (χ3n) is 2.49. The van der Waals surface area contributed by atoms with Crippen molar-refractivity contribution >= 4 is 23.7 Å². The van der Waals surface area contributed by atoms with Gasteiger partial charge in [-0.1, -0.05) is 0 Å². The molecule has 1 aromatic heterocycles. The number of hydrogen-bond acceptors (Lipinski definition) is 7. The summed E-state index contributed by atoms with van der Waals surface area (Å²) in [6, 6.07) is 7.41. The molecule has 0 aliphatic carbocycles. The summed E-state index contributed by atoms with van der Waals surface area (Å²) < 4.78 is 4.80. The van der Waals surface area contributed by atoms with Crippen LogP contribution in [0.25, 0.3) is 0 Å². The Bertz CT molecular complexity index is 749. The van der Waals surface area contributed by atoms with E-state index in [1.807, 2.05) is 0 Å². The predicted molar refractivity (Wildman–Crippen MR) is 73.5 cm³/mol. The van der Waals surface area contributed by atoms with Crippen LogP contribution in [0.4, 0.5) is 11.6 Å². The summed E-state index contributed by atoms with van der Waals surface area (Å²) in [6.45, 7) is 0. The highest BCUT2D eigenvalue weighted by molar-refractivity contribution is 5.94. The fourth-order valence-corrected chi connectivity index (χ4v) is 1.46. The van der Waals surface area contributed by atoms with E-state index in [1.54, 1.807) is 0 Å². The number of carbonyl (C=O) groups is 1. The van der Waals surface area contributed by atoms with Crippen LogP contribution in [0.5, 0.6) is 0 Å². The van der Waals surface area contributed by atoms with Gasteiger partial charge in [-0.15, -0.1) is 0 Å². The zero-order valence-corrected chi connectivity index (χ0v) is 10.8. The van der Waals surface area contributed by atoms with Crippen LogP contribution in [0, 0.1) is 20.2 Å². The molecule has 1 aromatic carbocycles. The van der Waals surface area contributed by atoms with Crippen molar-refractivity contribution in [2.45, 2.75) is 0 Å². The fraction of sp³-hybridized carbons (Fsp3) is 0. The number of nitro groups is 2. The lowest BCUT2D eigenvalue weighted by molar-refractivity contribution is -0.402. The minimum Gasteiger partial charge on any atom is -0.400 e. The number of amides is 1. The normalized spacial score (nSPS) is 10.5. The average molecular weight is 304 g/mol. The lowest BCUT2D eigenvalue weighted by atomic mass is 10.2. The number of hydrogen-bond donors (Lipinski definition) is 1. The highest BCUT2D eigenvalue weighted by Crippen LogP contribution is 2.14. The van der Waals surface area contributed by atoms with Gasteiger partial charge < -0.3 is 4.42 Å². The molecule has 2 rings (SSSR count). The van der Waals surface area contributed by atoms with Gasteiger partial charge in [-0.25, -0.2) is 5.43 Å². The molecule has 10 nitrogen and oxygen atoms in total. The molecule has 0 unspecified atom stereocenters. The van der Waals surface area contributed by atoms with Crippen LogP contribution >= 0.6 is 0 Å². The van der Waals surface area contributed by atoms with E-state index in [-0.39, 0.29) is 17.0 Å². The van der Waals surface area contributed by atoms with Crippen LogP contribution in [0.2, 0.25) is 0 Å². The van der Waals surface area contributed by atoms with Gasteiger partial charge in [0.1, 0.15) is 4.92 Å². The number of benzene rings is 1. The largest absolute Gasteiger partial charge is 0.433 e. The number of furan rings is 1. The van der Waals surface area contributed by atoms with Crippen molar-refractivity contribution in [2.24, 2.45) is 5.10 Å². The Morgan fingerprint density at radius 2 is 1.77 bits per heavy atom. The molecule has 1 heterocycles. The van der Waals surface area contributed by atoms with Crippen molar-refractivity contribution in [1.82, 2.24) is 5.43 Å². The van der Waals surface area contributed by atoms with E-state index in [2.05, 4.69) is 10.5 Å². The SMILES string of the molecule is O=C(N/N=C\c1ccc([N+](=O)[O-])o1)c1ccc([N+](=O)[O-])cc1. The zero-order chi connectivity index (χ0) is 16.1. The monoisotopic (exact) mass is 304 g/mol. The van der Waals surface area contributed by atoms with Crippen molar-refractivity contribution in [1.29, 1.82) is 0 Å². The van der Waals surface area contributed by atoms with Gasteiger partial charge in [-0.2, -0.15) is 5.10 Å². The standard InChI is InChI=1S/C12H8N4O6/c17-12(8-1-3-9(4-2-8)15(18)19)14-13-7-10-5-6-11(22-10)16(20)21/h1-7H,(H,14,17)/b13-7-. The molecule has 0 spiro atoms. The number of hydrazone groups is 1. The minimum atomic E-state index is -0.702.